The average molecular weight is 278 g/mol. The number of anilines is 1. The van der Waals surface area contributed by atoms with Crippen LogP contribution in [-0.4, -0.2) is 30.0 Å². The van der Waals surface area contributed by atoms with E-state index in [0.29, 0.717) is 17.7 Å². The summed E-state index contributed by atoms with van der Waals surface area (Å²) in [5, 5.41) is 6.94. The first-order valence-corrected chi connectivity index (χ1v) is 7.92. The number of carbonyl (C=O) groups excluding carboxylic acids is 1. The number of nitrogens with one attached hydrogen (secondary N) is 2. The highest BCUT2D eigenvalue weighted by Crippen LogP contribution is 2.28. The van der Waals surface area contributed by atoms with Gasteiger partial charge in [-0.25, -0.2) is 0 Å². The van der Waals surface area contributed by atoms with Gasteiger partial charge in [-0.1, -0.05) is 25.1 Å². The molecule has 0 aliphatic carbocycles. The minimum Gasteiger partial charge on any atom is -0.381 e. The Hall–Kier alpha value is -1.16. The van der Waals surface area contributed by atoms with Gasteiger partial charge in [-0.05, 0) is 30.2 Å². The van der Waals surface area contributed by atoms with Gasteiger partial charge >= 0.3 is 0 Å². The Kier molecular flexibility index (Phi) is 5.14. The highest BCUT2D eigenvalue weighted by Gasteiger charge is 2.22. The Morgan fingerprint density at radius 1 is 1.42 bits per heavy atom. The fourth-order valence-electron chi connectivity index (χ4n) is 2.39. The van der Waals surface area contributed by atoms with Gasteiger partial charge in [-0.15, -0.1) is 0 Å². The Balaban J connectivity index is 2.08. The van der Waals surface area contributed by atoms with Crippen LogP contribution in [0.25, 0.3) is 0 Å². The maximum Gasteiger partial charge on any atom is 0.224 e. The molecule has 2 atom stereocenters. The lowest BCUT2D eigenvalue weighted by Gasteiger charge is -2.30. The third-order valence-electron chi connectivity index (χ3n) is 3.59. The molecule has 0 spiro atoms. The van der Waals surface area contributed by atoms with Gasteiger partial charge in [0.15, 0.2) is 0 Å². The second-order valence-electron chi connectivity index (χ2n) is 4.98. The maximum absolute atomic E-state index is 11.5. The van der Waals surface area contributed by atoms with Crippen LogP contribution in [0, 0.1) is 0 Å². The van der Waals surface area contributed by atoms with Gasteiger partial charge in [0.05, 0.1) is 6.42 Å². The number of para-hydroxylation sites is 1. The number of likely N-dealkylation sites (N-methyl/N-ethyl adjacent to an activating group) is 1. The molecule has 1 amide bonds. The Morgan fingerprint density at radius 3 is 2.95 bits per heavy atom. The van der Waals surface area contributed by atoms with Gasteiger partial charge in [0.25, 0.3) is 0 Å². The summed E-state index contributed by atoms with van der Waals surface area (Å²) >= 11 is 2.03. The normalized spacial score (nSPS) is 22.8. The molecule has 1 fully saturated rings. The number of rotatable bonds is 4. The van der Waals surface area contributed by atoms with Crippen molar-refractivity contribution < 1.29 is 4.79 Å². The lowest BCUT2D eigenvalue weighted by atomic mass is 10.0. The molecule has 2 unspecified atom stereocenters. The van der Waals surface area contributed by atoms with E-state index < -0.39 is 0 Å². The number of carbonyl (C=O) groups is 1. The van der Waals surface area contributed by atoms with Crippen LogP contribution in [0.2, 0.25) is 0 Å². The minimum absolute atomic E-state index is 0.0558. The predicted molar refractivity (Wildman–Crippen MR) is 82.8 cm³/mol. The van der Waals surface area contributed by atoms with Crippen molar-refractivity contribution in [2.45, 2.75) is 37.5 Å². The Labute approximate surface area is 119 Å². The first-order valence-electron chi connectivity index (χ1n) is 6.87. The van der Waals surface area contributed by atoms with Crippen molar-refractivity contribution in [3.8, 4) is 0 Å². The molecule has 0 saturated carbocycles. The Bertz CT molecular complexity index is 436. The number of hydrogen-bond donors (Lipinski definition) is 2. The van der Waals surface area contributed by atoms with Crippen molar-refractivity contribution in [1.82, 2.24) is 5.32 Å². The molecule has 1 aliphatic heterocycles. The van der Waals surface area contributed by atoms with Crippen LogP contribution in [-0.2, 0) is 11.2 Å². The van der Waals surface area contributed by atoms with E-state index in [9.17, 15) is 4.79 Å². The summed E-state index contributed by atoms with van der Waals surface area (Å²) in [6.07, 6.45) is 2.92. The SMILES string of the molecule is CNC(=O)Cc1ccccc1NC1CCCSC1C. The van der Waals surface area contributed by atoms with E-state index in [0.717, 1.165) is 11.3 Å². The van der Waals surface area contributed by atoms with E-state index in [1.807, 2.05) is 30.0 Å². The molecule has 1 heterocycles. The van der Waals surface area contributed by atoms with Crippen molar-refractivity contribution in [2.24, 2.45) is 0 Å². The summed E-state index contributed by atoms with van der Waals surface area (Å²) in [6.45, 7) is 2.28. The zero-order valence-corrected chi connectivity index (χ0v) is 12.4. The molecule has 2 N–H and O–H groups in total. The highest BCUT2D eigenvalue weighted by atomic mass is 32.2. The maximum atomic E-state index is 11.5. The van der Waals surface area contributed by atoms with Crippen molar-refractivity contribution in [3.63, 3.8) is 0 Å². The fraction of sp³-hybridized carbons (Fsp3) is 0.533. The second kappa shape index (κ2) is 6.85. The van der Waals surface area contributed by atoms with Gasteiger partial charge < -0.3 is 10.6 Å². The van der Waals surface area contributed by atoms with Gasteiger partial charge in [0.2, 0.25) is 5.91 Å². The topological polar surface area (TPSA) is 41.1 Å². The predicted octanol–water partition coefficient (Wildman–Crippen LogP) is 2.67. The van der Waals surface area contributed by atoms with Crippen LogP contribution in [0.5, 0.6) is 0 Å². The van der Waals surface area contributed by atoms with E-state index in [1.165, 1.54) is 18.6 Å². The largest absolute Gasteiger partial charge is 0.381 e. The standard InChI is InChI=1S/C15H22N2OS/c1-11-13(8-5-9-19-11)17-14-7-4-3-6-12(14)10-15(18)16-2/h3-4,6-7,11,13,17H,5,8-10H2,1-2H3,(H,16,18). The molecule has 1 saturated heterocycles. The quantitative estimate of drug-likeness (QED) is 0.889. The third-order valence-corrected chi connectivity index (χ3v) is 4.97. The average Bonchev–Trinajstić information content (AvgIpc) is 2.43. The summed E-state index contributed by atoms with van der Waals surface area (Å²) < 4.78 is 0. The zero-order chi connectivity index (χ0) is 13.7. The number of thioether (sulfide) groups is 1. The summed E-state index contributed by atoms with van der Waals surface area (Å²) in [5.74, 6) is 1.32. The molecule has 1 aromatic rings. The summed E-state index contributed by atoms with van der Waals surface area (Å²) in [4.78, 5) is 11.5. The lowest BCUT2D eigenvalue weighted by Crippen LogP contribution is -2.33. The highest BCUT2D eigenvalue weighted by molar-refractivity contribution is 8.00. The van der Waals surface area contributed by atoms with Gasteiger partial charge in [-0.3, -0.25) is 4.79 Å². The van der Waals surface area contributed by atoms with Crippen LogP contribution in [0.4, 0.5) is 5.69 Å². The van der Waals surface area contributed by atoms with Gasteiger partial charge in [0.1, 0.15) is 0 Å². The van der Waals surface area contributed by atoms with E-state index in [-0.39, 0.29) is 5.91 Å². The first-order chi connectivity index (χ1) is 9.20. The molecular formula is C15H22N2OS. The number of hydrogen-bond acceptors (Lipinski definition) is 3. The molecule has 0 aromatic heterocycles. The zero-order valence-electron chi connectivity index (χ0n) is 11.6. The summed E-state index contributed by atoms with van der Waals surface area (Å²) in [5.41, 5.74) is 2.18. The van der Waals surface area contributed by atoms with Crippen molar-refractivity contribution in [1.29, 1.82) is 0 Å². The minimum atomic E-state index is 0.0558. The van der Waals surface area contributed by atoms with Crippen molar-refractivity contribution in [3.05, 3.63) is 29.8 Å². The van der Waals surface area contributed by atoms with Crippen LogP contribution >= 0.6 is 11.8 Å². The molecule has 104 valence electrons. The summed E-state index contributed by atoms with van der Waals surface area (Å²) in [7, 11) is 1.68. The van der Waals surface area contributed by atoms with E-state index in [4.69, 9.17) is 0 Å². The molecule has 3 nitrogen and oxygen atoms in total. The fourth-order valence-corrected chi connectivity index (χ4v) is 3.53. The molecule has 2 rings (SSSR count). The second-order valence-corrected chi connectivity index (χ2v) is 6.46. The van der Waals surface area contributed by atoms with E-state index >= 15 is 0 Å². The third kappa shape index (κ3) is 3.90. The number of benzene rings is 1. The molecule has 0 bridgehead atoms. The smallest absolute Gasteiger partial charge is 0.224 e. The van der Waals surface area contributed by atoms with Gasteiger partial charge in [-0.2, -0.15) is 11.8 Å². The number of amides is 1. The summed E-state index contributed by atoms with van der Waals surface area (Å²) in [6, 6.07) is 8.62. The Morgan fingerprint density at radius 2 is 2.21 bits per heavy atom. The molecule has 1 aromatic carbocycles. The molecular weight excluding hydrogens is 256 g/mol. The molecule has 4 heteroatoms. The van der Waals surface area contributed by atoms with E-state index in [1.54, 1.807) is 7.05 Å². The monoisotopic (exact) mass is 278 g/mol. The van der Waals surface area contributed by atoms with E-state index in [2.05, 4.69) is 23.6 Å². The van der Waals surface area contributed by atoms with Crippen LogP contribution in [0.15, 0.2) is 24.3 Å². The van der Waals surface area contributed by atoms with Crippen LogP contribution < -0.4 is 10.6 Å². The van der Waals surface area contributed by atoms with Gasteiger partial charge in [0, 0.05) is 24.0 Å². The molecule has 19 heavy (non-hydrogen) atoms. The molecule has 1 aliphatic rings. The van der Waals surface area contributed by atoms with Crippen molar-refractivity contribution in [2.75, 3.05) is 18.1 Å². The van der Waals surface area contributed by atoms with Crippen LogP contribution in [0.3, 0.4) is 0 Å². The van der Waals surface area contributed by atoms with Crippen molar-refractivity contribution >= 4 is 23.4 Å². The molecule has 0 radical (unpaired) electrons. The lowest BCUT2D eigenvalue weighted by molar-refractivity contribution is -0.119. The first kappa shape index (κ1) is 14.3. The van der Waals surface area contributed by atoms with Crippen LogP contribution in [0.1, 0.15) is 25.3 Å².